The van der Waals surface area contributed by atoms with Gasteiger partial charge in [0.2, 0.25) is 0 Å². The molecule has 0 saturated carbocycles. The van der Waals surface area contributed by atoms with Crippen molar-refractivity contribution in [1.29, 1.82) is 5.26 Å². The number of nitro benzene ring substituents is 1. The van der Waals surface area contributed by atoms with Gasteiger partial charge in [-0.1, -0.05) is 11.6 Å². The molecular formula is C12H6ClN3O3. The molecule has 1 heterocycles. The van der Waals surface area contributed by atoms with E-state index in [1.165, 1.54) is 18.3 Å². The van der Waals surface area contributed by atoms with Crippen molar-refractivity contribution < 1.29 is 9.66 Å². The molecule has 0 unspecified atom stereocenters. The van der Waals surface area contributed by atoms with E-state index in [-0.39, 0.29) is 27.9 Å². The van der Waals surface area contributed by atoms with Crippen molar-refractivity contribution in [3.63, 3.8) is 0 Å². The fourth-order valence-corrected chi connectivity index (χ4v) is 1.53. The summed E-state index contributed by atoms with van der Waals surface area (Å²) in [7, 11) is 0. The van der Waals surface area contributed by atoms with Gasteiger partial charge in [-0.2, -0.15) is 5.26 Å². The average molecular weight is 276 g/mol. The first-order valence-electron chi connectivity index (χ1n) is 5.08. The minimum absolute atomic E-state index is 0.0501. The van der Waals surface area contributed by atoms with Crippen LogP contribution < -0.4 is 4.74 Å². The van der Waals surface area contributed by atoms with Gasteiger partial charge in [0.1, 0.15) is 17.4 Å². The molecule has 0 N–H and O–H groups in total. The molecule has 2 aromatic rings. The molecular weight excluding hydrogens is 270 g/mol. The summed E-state index contributed by atoms with van der Waals surface area (Å²) in [6, 6.07) is 8.78. The highest BCUT2D eigenvalue weighted by Gasteiger charge is 2.13. The lowest BCUT2D eigenvalue weighted by molar-refractivity contribution is -0.384. The molecule has 1 aromatic carbocycles. The molecule has 0 saturated heterocycles. The van der Waals surface area contributed by atoms with Gasteiger partial charge in [-0.3, -0.25) is 10.1 Å². The highest BCUT2D eigenvalue weighted by atomic mass is 35.5. The van der Waals surface area contributed by atoms with Crippen LogP contribution in [0.15, 0.2) is 36.5 Å². The second-order valence-electron chi connectivity index (χ2n) is 3.44. The number of non-ortho nitro benzene ring substituents is 1. The summed E-state index contributed by atoms with van der Waals surface area (Å²) in [5, 5.41) is 19.7. The number of nitriles is 1. The van der Waals surface area contributed by atoms with E-state index in [2.05, 4.69) is 4.98 Å². The first-order valence-corrected chi connectivity index (χ1v) is 5.46. The zero-order valence-electron chi connectivity index (χ0n) is 9.41. The van der Waals surface area contributed by atoms with E-state index in [1.807, 2.05) is 6.07 Å². The Bertz CT molecular complexity index is 682. The molecule has 0 aliphatic heterocycles. The van der Waals surface area contributed by atoms with Crippen LogP contribution in [0.5, 0.6) is 11.5 Å². The van der Waals surface area contributed by atoms with E-state index in [0.717, 1.165) is 6.07 Å². The maximum absolute atomic E-state index is 10.6. The van der Waals surface area contributed by atoms with Gasteiger partial charge in [0.25, 0.3) is 5.69 Å². The number of hydrogen-bond donors (Lipinski definition) is 0. The van der Waals surface area contributed by atoms with E-state index in [9.17, 15) is 10.1 Å². The molecule has 94 valence electrons. The predicted molar refractivity (Wildman–Crippen MR) is 67.1 cm³/mol. The minimum atomic E-state index is -0.582. The fourth-order valence-electron chi connectivity index (χ4n) is 1.37. The third kappa shape index (κ3) is 2.78. The number of nitro groups is 1. The third-order valence-electron chi connectivity index (χ3n) is 2.24. The smallest absolute Gasteiger partial charge is 0.271 e. The van der Waals surface area contributed by atoms with Crippen molar-refractivity contribution in [2.75, 3.05) is 0 Å². The summed E-state index contributed by atoms with van der Waals surface area (Å²) in [5.41, 5.74) is -0.129. The van der Waals surface area contributed by atoms with Crippen LogP contribution in [0, 0.1) is 21.4 Å². The monoisotopic (exact) mass is 275 g/mol. The second kappa shape index (κ2) is 5.33. The van der Waals surface area contributed by atoms with Crippen molar-refractivity contribution in [3.8, 4) is 17.6 Å². The van der Waals surface area contributed by atoms with Crippen molar-refractivity contribution in [2.24, 2.45) is 0 Å². The van der Waals surface area contributed by atoms with Gasteiger partial charge in [0.05, 0.1) is 4.92 Å². The molecule has 0 aliphatic carbocycles. The summed E-state index contributed by atoms with van der Waals surface area (Å²) < 4.78 is 5.43. The summed E-state index contributed by atoms with van der Waals surface area (Å²) in [4.78, 5) is 13.9. The Morgan fingerprint density at radius 3 is 2.79 bits per heavy atom. The Balaban J connectivity index is 2.39. The van der Waals surface area contributed by atoms with Crippen molar-refractivity contribution in [2.45, 2.75) is 0 Å². The molecule has 0 aliphatic rings. The molecule has 1 aromatic heterocycles. The molecule has 6 nitrogen and oxygen atoms in total. The maximum atomic E-state index is 10.6. The fraction of sp³-hybridized carbons (Fsp3) is 0. The highest BCUT2D eigenvalue weighted by Crippen LogP contribution is 2.31. The first-order chi connectivity index (χ1) is 9.11. The zero-order valence-corrected chi connectivity index (χ0v) is 10.2. The molecule has 0 amide bonds. The number of aromatic nitrogens is 1. The topological polar surface area (TPSA) is 89.0 Å². The molecule has 0 fully saturated rings. The minimum Gasteiger partial charge on any atom is -0.453 e. The summed E-state index contributed by atoms with van der Waals surface area (Å²) >= 11 is 5.82. The van der Waals surface area contributed by atoms with Crippen molar-refractivity contribution in [1.82, 2.24) is 4.98 Å². The lowest BCUT2D eigenvalue weighted by Gasteiger charge is -2.07. The Hall–Kier alpha value is -2.65. The van der Waals surface area contributed by atoms with Crippen LogP contribution in [-0.4, -0.2) is 9.91 Å². The molecule has 2 rings (SSSR count). The lowest BCUT2D eigenvalue weighted by Crippen LogP contribution is -1.93. The average Bonchev–Trinajstić information content (AvgIpc) is 2.41. The SMILES string of the molecule is N#Cc1cc([N+](=O)[O-])ccc1Oc1cccnc1Cl. The van der Waals surface area contributed by atoms with Crippen LogP contribution in [0.1, 0.15) is 5.56 Å². The third-order valence-corrected chi connectivity index (χ3v) is 2.52. The van der Waals surface area contributed by atoms with Crippen LogP contribution in [0.3, 0.4) is 0 Å². The Morgan fingerprint density at radius 1 is 1.37 bits per heavy atom. The number of benzene rings is 1. The van der Waals surface area contributed by atoms with E-state index in [1.54, 1.807) is 12.1 Å². The second-order valence-corrected chi connectivity index (χ2v) is 3.80. The number of nitrogens with zero attached hydrogens (tertiary/aromatic N) is 3. The van der Waals surface area contributed by atoms with Crippen LogP contribution in [-0.2, 0) is 0 Å². The van der Waals surface area contributed by atoms with E-state index in [0.29, 0.717) is 0 Å². The first kappa shape index (κ1) is 12.8. The highest BCUT2D eigenvalue weighted by molar-refractivity contribution is 6.30. The van der Waals surface area contributed by atoms with Gasteiger partial charge < -0.3 is 4.74 Å². The molecule has 19 heavy (non-hydrogen) atoms. The van der Waals surface area contributed by atoms with E-state index in [4.69, 9.17) is 21.6 Å². The lowest BCUT2D eigenvalue weighted by atomic mass is 10.2. The van der Waals surface area contributed by atoms with Crippen LogP contribution in [0.25, 0.3) is 0 Å². The molecule has 0 atom stereocenters. The molecule has 0 bridgehead atoms. The van der Waals surface area contributed by atoms with Crippen LogP contribution in [0.4, 0.5) is 5.69 Å². The van der Waals surface area contributed by atoms with Gasteiger partial charge in [-0.25, -0.2) is 4.98 Å². The standard InChI is InChI=1S/C12H6ClN3O3/c13-12-11(2-1-5-15-12)19-10-4-3-9(16(17)18)6-8(10)7-14/h1-6H. The number of hydrogen-bond acceptors (Lipinski definition) is 5. The summed E-state index contributed by atoms with van der Waals surface area (Å²) in [5.74, 6) is 0.456. The van der Waals surface area contributed by atoms with Gasteiger partial charge in [0, 0.05) is 18.3 Å². The van der Waals surface area contributed by atoms with Gasteiger partial charge in [-0.05, 0) is 18.2 Å². The number of rotatable bonds is 3. The van der Waals surface area contributed by atoms with Gasteiger partial charge in [0.15, 0.2) is 10.9 Å². The Morgan fingerprint density at radius 2 is 2.16 bits per heavy atom. The van der Waals surface area contributed by atoms with Gasteiger partial charge >= 0.3 is 0 Å². The Kier molecular flexibility index (Phi) is 3.59. The van der Waals surface area contributed by atoms with Crippen LogP contribution in [0.2, 0.25) is 5.15 Å². The van der Waals surface area contributed by atoms with E-state index < -0.39 is 4.92 Å². The molecule has 0 radical (unpaired) electrons. The quantitative estimate of drug-likeness (QED) is 0.487. The normalized spacial score (nSPS) is 9.68. The molecule has 7 heteroatoms. The number of pyridine rings is 1. The number of halogens is 1. The van der Waals surface area contributed by atoms with E-state index >= 15 is 0 Å². The zero-order chi connectivity index (χ0) is 13.8. The predicted octanol–water partition coefficient (Wildman–Crippen LogP) is 3.31. The van der Waals surface area contributed by atoms with Crippen LogP contribution >= 0.6 is 11.6 Å². The maximum Gasteiger partial charge on any atom is 0.271 e. The van der Waals surface area contributed by atoms with Crippen molar-refractivity contribution in [3.05, 3.63) is 57.4 Å². The Labute approximate surface area is 113 Å². The van der Waals surface area contributed by atoms with Crippen molar-refractivity contribution >= 4 is 17.3 Å². The number of ether oxygens (including phenoxy) is 1. The summed E-state index contributed by atoms with van der Waals surface area (Å²) in [6.45, 7) is 0. The largest absolute Gasteiger partial charge is 0.453 e. The molecule has 0 spiro atoms. The summed E-state index contributed by atoms with van der Waals surface area (Å²) in [6.07, 6.45) is 1.50. The van der Waals surface area contributed by atoms with Gasteiger partial charge in [-0.15, -0.1) is 0 Å².